The summed E-state index contributed by atoms with van der Waals surface area (Å²) in [5.41, 5.74) is 0. The molecular formula is C95H154O16P2. The Morgan fingerprint density at radius 1 is 0.248 bits per heavy atom. The molecule has 113 heavy (non-hydrogen) atoms. The van der Waals surface area contributed by atoms with Gasteiger partial charge in [0, 0.05) is 19.3 Å². The maximum atomic E-state index is 13.0. The quantitative estimate of drug-likeness (QED) is 0.0146. The van der Waals surface area contributed by atoms with Crippen LogP contribution in [0.3, 0.4) is 0 Å². The number of hydrogen-bond acceptors (Lipinski definition) is 14. The fraction of sp³-hybridized carbons (Fsp3) is 0.611. The van der Waals surface area contributed by atoms with Crippen molar-refractivity contribution in [2.75, 3.05) is 39.6 Å². The highest BCUT2D eigenvalue weighted by Crippen LogP contribution is 2.45. The molecule has 0 aromatic carbocycles. The second-order valence-corrected chi connectivity index (χ2v) is 31.1. The summed E-state index contributed by atoms with van der Waals surface area (Å²) in [5, 5.41) is 20.7. The van der Waals surface area contributed by atoms with E-state index in [1.165, 1.54) is 57.8 Å². The van der Waals surface area contributed by atoms with E-state index in [0.29, 0.717) is 19.3 Å². The van der Waals surface area contributed by atoms with Crippen molar-refractivity contribution >= 4 is 33.6 Å². The number of aliphatic hydroxyl groups is 2. The Kier molecular flexibility index (Phi) is 81.1. The normalized spacial score (nSPS) is 14.9. The first-order valence-electron chi connectivity index (χ1n) is 43.4. The molecule has 640 valence electrons. The molecule has 5 unspecified atom stereocenters. The molecule has 0 saturated heterocycles. The highest BCUT2D eigenvalue weighted by Gasteiger charge is 2.29. The average Bonchev–Trinajstić information content (AvgIpc) is 0.901. The van der Waals surface area contributed by atoms with E-state index in [9.17, 15) is 43.5 Å². The van der Waals surface area contributed by atoms with Crippen LogP contribution in [0.15, 0.2) is 207 Å². The van der Waals surface area contributed by atoms with E-state index in [-0.39, 0.29) is 19.3 Å². The molecule has 0 aliphatic heterocycles. The predicted octanol–water partition coefficient (Wildman–Crippen LogP) is 26.4. The zero-order chi connectivity index (χ0) is 82.2. The van der Waals surface area contributed by atoms with Gasteiger partial charge in [0.25, 0.3) is 0 Å². The van der Waals surface area contributed by atoms with Crippen LogP contribution in [0.4, 0.5) is 0 Å². The van der Waals surface area contributed by atoms with Crippen molar-refractivity contribution in [3.63, 3.8) is 0 Å². The van der Waals surface area contributed by atoms with Crippen LogP contribution in [-0.2, 0) is 55.8 Å². The van der Waals surface area contributed by atoms with Gasteiger partial charge in [0.1, 0.15) is 25.4 Å². The molecule has 16 nitrogen and oxygen atoms in total. The van der Waals surface area contributed by atoms with Crippen LogP contribution in [0.2, 0.25) is 0 Å². The second-order valence-electron chi connectivity index (χ2n) is 28.2. The highest BCUT2D eigenvalue weighted by molar-refractivity contribution is 7.47. The number of unbranched alkanes of at least 4 members (excludes halogenated alkanes) is 23. The van der Waals surface area contributed by atoms with Gasteiger partial charge in [0.15, 0.2) is 6.10 Å². The number of esters is 3. The van der Waals surface area contributed by atoms with Crippen LogP contribution in [0.25, 0.3) is 0 Å². The van der Waals surface area contributed by atoms with Gasteiger partial charge in [-0.1, -0.05) is 337 Å². The average molecular weight is 1610 g/mol. The Morgan fingerprint density at radius 2 is 0.442 bits per heavy atom. The van der Waals surface area contributed by atoms with Gasteiger partial charge in [0.05, 0.1) is 26.4 Å². The lowest BCUT2D eigenvalue weighted by Crippen LogP contribution is -2.30. The number of hydrogen-bond donors (Lipinski definition) is 4. The van der Waals surface area contributed by atoms with Crippen molar-refractivity contribution < 1.29 is 75.8 Å². The van der Waals surface area contributed by atoms with Gasteiger partial charge in [-0.2, -0.15) is 0 Å². The van der Waals surface area contributed by atoms with Gasteiger partial charge in [-0.25, -0.2) is 9.13 Å². The number of ether oxygens (including phenoxy) is 3. The van der Waals surface area contributed by atoms with Crippen LogP contribution in [0.1, 0.15) is 316 Å². The molecule has 0 rings (SSSR count). The van der Waals surface area contributed by atoms with Crippen molar-refractivity contribution in [1.29, 1.82) is 0 Å². The first-order valence-corrected chi connectivity index (χ1v) is 46.4. The van der Waals surface area contributed by atoms with Gasteiger partial charge >= 0.3 is 33.6 Å². The van der Waals surface area contributed by atoms with Gasteiger partial charge in [-0.15, -0.1) is 0 Å². The fourth-order valence-electron chi connectivity index (χ4n) is 11.0. The summed E-state index contributed by atoms with van der Waals surface area (Å²) < 4.78 is 61.4. The van der Waals surface area contributed by atoms with Gasteiger partial charge < -0.3 is 34.2 Å². The van der Waals surface area contributed by atoms with E-state index in [2.05, 4.69) is 227 Å². The standard InChI is InChI=1S/C95H154O16P2/c1-4-7-10-13-16-19-22-25-28-31-34-37-40-42-43-44-45-47-50-51-54-57-60-63-66-69-72-75-78-81-93(98)105-84-90(96)85-107-112(101,102)108-86-91(97)87-109-113(103,104)110-89-92(111-95(100)83-80-77-74-71-68-65-62-59-56-53-48-39-36-33-30-27-24-21-18-15-12-9-6-3)88-106-94(99)82-79-76-73-70-67-64-61-58-55-52-49-46-41-38-35-32-29-26-23-20-17-14-11-8-5-2/h7-12,16-21,25-30,34-39,42-43,46,49,53,55-56,58,62,65,90-92,96-97H,4-6,13-15,22-24,31-33,40-41,44-45,47-48,50-52,54,57,59-61,63-64,66-89H2,1-3H3,(H,101,102)(H,103,104)/b10-7-,11-8-,12-9-,19-16-,20-17-,21-18-,28-25-,29-26-,30-27-,37-34-,38-35-,39-36-,43-42-,49-46-,56-53-,58-55-,65-62-. The van der Waals surface area contributed by atoms with Gasteiger partial charge in [0.2, 0.25) is 0 Å². The number of rotatable bonds is 80. The van der Waals surface area contributed by atoms with Crippen LogP contribution in [-0.4, -0.2) is 95.9 Å². The zero-order valence-corrected chi connectivity index (χ0v) is 72.0. The van der Waals surface area contributed by atoms with Crippen LogP contribution < -0.4 is 0 Å². The lowest BCUT2D eigenvalue weighted by Gasteiger charge is -2.21. The van der Waals surface area contributed by atoms with E-state index in [0.717, 1.165) is 199 Å². The first-order chi connectivity index (χ1) is 55.2. The molecule has 0 aliphatic carbocycles. The number of allylic oxidation sites excluding steroid dienone is 34. The summed E-state index contributed by atoms with van der Waals surface area (Å²) in [4.78, 5) is 58.9. The Labute approximate surface area is 686 Å². The Balaban J connectivity index is 4.71. The molecule has 18 heteroatoms. The van der Waals surface area contributed by atoms with E-state index in [4.69, 9.17) is 32.3 Å². The maximum Gasteiger partial charge on any atom is 0.472 e. The summed E-state index contributed by atoms with van der Waals surface area (Å²) in [5.74, 6) is -1.63. The Bertz CT molecular complexity index is 2880. The lowest BCUT2D eigenvalue weighted by molar-refractivity contribution is -0.161. The molecule has 0 aromatic rings. The largest absolute Gasteiger partial charge is 0.472 e. The molecule has 0 radical (unpaired) electrons. The monoisotopic (exact) mass is 1610 g/mol. The van der Waals surface area contributed by atoms with E-state index >= 15 is 0 Å². The number of carbonyl (C=O) groups excluding carboxylic acids is 3. The van der Waals surface area contributed by atoms with Crippen molar-refractivity contribution in [3.05, 3.63) is 207 Å². The third-order valence-electron chi connectivity index (χ3n) is 17.5. The molecule has 4 N–H and O–H groups in total. The molecular weight excluding hydrogens is 1460 g/mol. The fourth-order valence-corrected chi connectivity index (χ4v) is 12.6. The minimum atomic E-state index is -4.96. The van der Waals surface area contributed by atoms with Crippen molar-refractivity contribution in [2.24, 2.45) is 0 Å². The van der Waals surface area contributed by atoms with E-state index < -0.39 is 91.5 Å². The third kappa shape index (κ3) is 86.8. The molecule has 0 aromatic heterocycles. The highest BCUT2D eigenvalue weighted by atomic mass is 31.2. The molecule has 0 saturated carbocycles. The van der Waals surface area contributed by atoms with Crippen LogP contribution in [0, 0.1) is 0 Å². The van der Waals surface area contributed by atoms with Gasteiger partial charge in [-0.05, 0) is 167 Å². The zero-order valence-electron chi connectivity index (χ0n) is 70.2. The van der Waals surface area contributed by atoms with Crippen LogP contribution >= 0.6 is 15.6 Å². The van der Waals surface area contributed by atoms with Gasteiger partial charge in [-0.3, -0.25) is 32.5 Å². The smallest absolute Gasteiger partial charge is 0.463 e. The predicted molar refractivity (Wildman–Crippen MR) is 472 cm³/mol. The first kappa shape index (κ1) is 107. The van der Waals surface area contributed by atoms with Crippen molar-refractivity contribution in [1.82, 2.24) is 0 Å². The second kappa shape index (κ2) is 85.5. The lowest BCUT2D eigenvalue weighted by atomic mass is 10.0. The van der Waals surface area contributed by atoms with E-state index in [1.54, 1.807) is 0 Å². The number of phosphoric ester groups is 2. The number of phosphoric acid groups is 2. The SMILES string of the molecule is CC/C=C\C/C=C\C/C=C\C/C=C\C/C=C\C/C=C\CCCCCCCCC(=O)OCC(COP(=O)(O)OCC(O)COP(=O)(O)OCC(O)COC(=O)CCCCCCCCCCCCCCC/C=C\C/C=C\C/C=C\C/C=C\C/C=C\CC)OC(=O)CCCCCC/C=C\C/C=C\C/C=C\C/C=C\C/C=C\C/C=C\CC. The molecule has 0 fully saturated rings. The summed E-state index contributed by atoms with van der Waals surface area (Å²) in [7, 11) is -9.83. The Hall–Kier alpha value is -5.87. The third-order valence-corrected chi connectivity index (χ3v) is 19.4. The number of carbonyl (C=O) groups is 3. The molecule has 0 heterocycles. The Morgan fingerprint density at radius 3 is 0.699 bits per heavy atom. The molecule has 5 atom stereocenters. The summed E-state index contributed by atoms with van der Waals surface area (Å²) in [6, 6.07) is 0. The summed E-state index contributed by atoms with van der Waals surface area (Å²) in [6.45, 7) is 2.29. The molecule has 0 spiro atoms. The maximum absolute atomic E-state index is 13.0. The van der Waals surface area contributed by atoms with E-state index in [1.807, 2.05) is 0 Å². The van der Waals surface area contributed by atoms with Crippen molar-refractivity contribution in [3.8, 4) is 0 Å². The molecule has 0 bridgehead atoms. The summed E-state index contributed by atoms with van der Waals surface area (Å²) >= 11 is 0. The number of aliphatic hydroxyl groups excluding tert-OH is 2. The van der Waals surface area contributed by atoms with Crippen LogP contribution in [0.5, 0.6) is 0 Å². The molecule has 0 amide bonds. The minimum absolute atomic E-state index is 0.0623. The summed E-state index contributed by atoms with van der Waals surface area (Å²) in [6.07, 6.45) is 114. The molecule has 0 aliphatic rings. The van der Waals surface area contributed by atoms with Crippen molar-refractivity contribution in [2.45, 2.75) is 334 Å². The topological polar surface area (TPSA) is 231 Å². The minimum Gasteiger partial charge on any atom is -0.463 e.